The van der Waals surface area contributed by atoms with Crippen molar-refractivity contribution in [3.05, 3.63) is 35.4 Å². The smallest absolute Gasteiger partial charge is 0.314 e. The topological polar surface area (TPSA) is 15.3 Å². The number of halogens is 4. The van der Waals surface area contributed by atoms with Crippen LogP contribution in [0.1, 0.15) is 36.4 Å². The summed E-state index contributed by atoms with van der Waals surface area (Å²) in [4.78, 5) is 2.34. The van der Waals surface area contributed by atoms with E-state index in [2.05, 4.69) is 10.2 Å². The summed E-state index contributed by atoms with van der Waals surface area (Å²) in [5, 5.41) is 3.30. The molecule has 2 fully saturated rings. The zero-order chi connectivity index (χ0) is 14.9. The van der Waals surface area contributed by atoms with E-state index in [1.807, 2.05) is 6.07 Å². The van der Waals surface area contributed by atoms with Crippen molar-refractivity contribution in [3.8, 4) is 0 Å². The number of hydrogen-bond acceptors (Lipinski definition) is 2. The molecule has 1 N–H and O–H groups in total. The van der Waals surface area contributed by atoms with Crippen LogP contribution >= 0.6 is 12.4 Å². The second-order valence-electron chi connectivity index (χ2n) is 6.10. The van der Waals surface area contributed by atoms with E-state index in [0.29, 0.717) is 5.92 Å². The Morgan fingerprint density at radius 2 is 1.86 bits per heavy atom. The molecule has 124 valence electrons. The summed E-state index contributed by atoms with van der Waals surface area (Å²) in [7, 11) is 0. The predicted octanol–water partition coefficient (Wildman–Crippen LogP) is 3.87. The van der Waals surface area contributed by atoms with E-state index in [4.69, 9.17) is 0 Å². The molecular weight excluding hydrogens is 313 g/mol. The molecule has 6 heteroatoms. The highest BCUT2D eigenvalue weighted by Gasteiger charge is 2.34. The zero-order valence-corrected chi connectivity index (χ0v) is 13.2. The van der Waals surface area contributed by atoms with Gasteiger partial charge in [-0.05, 0) is 30.0 Å². The first-order valence-electron chi connectivity index (χ1n) is 7.66. The van der Waals surface area contributed by atoms with E-state index in [-0.39, 0.29) is 18.4 Å². The summed E-state index contributed by atoms with van der Waals surface area (Å²) >= 11 is 0. The Hall–Kier alpha value is -0.780. The average Bonchev–Trinajstić information content (AvgIpc) is 3.29. The molecule has 2 nitrogen and oxygen atoms in total. The van der Waals surface area contributed by atoms with Gasteiger partial charge in [-0.15, -0.1) is 12.4 Å². The highest BCUT2D eigenvalue weighted by atomic mass is 35.5. The Morgan fingerprint density at radius 3 is 2.45 bits per heavy atom. The lowest BCUT2D eigenvalue weighted by Gasteiger charge is -2.35. The van der Waals surface area contributed by atoms with Crippen LogP contribution in [-0.2, 0) is 6.18 Å². The molecule has 0 aromatic heterocycles. The van der Waals surface area contributed by atoms with E-state index in [0.717, 1.165) is 44.2 Å². The first-order valence-corrected chi connectivity index (χ1v) is 7.66. The molecule has 1 aliphatic carbocycles. The first-order chi connectivity index (χ1) is 10.0. The number of benzene rings is 1. The molecule has 1 heterocycles. The largest absolute Gasteiger partial charge is 0.416 e. The van der Waals surface area contributed by atoms with Crippen LogP contribution in [0.2, 0.25) is 0 Å². The predicted molar refractivity (Wildman–Crippen MR) is 83.2 cm³/mol. The molecule has 3 rings (SSSR count). The molecule has 2 aliphatic rings. The number of nitrogens with zero attached hydrogens (tertiary/aromatic N) is 1. The minimum absolute atomic E-state index is 0. The number of piperazine rings is 1. The van der Waals surface area contributed by atoms with E-state index in [1.165, 1.54) is 18.9 Å². The van der Waals surface area contributed by atoms with Gasteiger partial charge in [-0.25, -0.2) is 0 Å². The monoisotopic (exact) mass is 334 g/mol. The zero-order valence-electron chi connectivity index (χ0n) is 12.4. The number of alkyl halides is 3. The van der Waals surface area contributed by atoms with Gasteiger partial charge in [-0.3, -0.25) is 4.90 Å². The third-order valence-corrected chi connectivity index (χ3v) is 4.44. The summed E-state index contributed by atoms with van der Waals surface area (Å²) < 4.78 is 38.8. The Balaban J connectivity index is 0.00000176. The average molecular weight is 335 g/mol. The quantitative estimate of drug-likeness (QED) is 0.899. The molecule has 0 spiro atoms. The molecule has 1 aromatic carbocycles. The first kappa shape index (κ1) is 17.6. The van der Waals surface area contributed by atoms with Crippen LogP contribution in [-0.4, -0.2) is 31.1 Å². The minimum atomic E-state index is -4.26. The fraction of sp³-hybridized carbons (Fsp3) is 0.625. The van der Waals surface area contributed by atoms with Crippen LogP contribution in [0.4, 0.5) is 13.2 Å². The molecular formula is C16H22ClF3N2. The van der Waals surface area contributed by atoms with Gasteiger partial charge in [0.15, 0.2) is 0 Å². The molecule has 1 saturated carbocycles. The van der Waals surface area contributed by atoms with Gasteiger partial charge in [-0.2, -0.15) is 13.2 Å². The standard InChI is InChI=1S/C16H21F3N2.ClH/c17-16(18,19)14-3-1-2-13(11-14)15(10-12-4-5-12)21-8-6-20-7-9-21;/h1-3,11-12,15,20H,4-10H2;1H/t15-;/m0./s1. The molecule has 0 bridgehead atoms. The maximum absolute atomic E-state index is 12.9. The van der Waals surface area contributed by atoms with Crippen molar-refractivity contribution in [1.29, 1.82) is 0 Å². The fourth-order valence-corrected chi connectivity index (χ4v) is 3.08. The maximum atomic E-state index is 12.9. The van der Waals surface area contributed by atoms with E-state index < -0.39 is 11.7 Å². The van der Waals surface area contributed by atoms with Gasteiger partial charge in [0.25, 0.3) is 0 Å². The third-order valence-electron chi connectivity index (χ3n) is 4.44. The van der Waals surface area contributed by atoms with Gasteiger partial charge in [0.1, 0.15) is 0 Å². The highest BCUT2D eigenvalue weighted by molar-refractivity contribution is 5.85. The van der Waals surface area contributed by atoms with Crippen LogP contribution < -0.4 is 5.32 Å². The summed E-state index contributed by atoms with van der Waals surface area (Å²) in [6.07, 6.45) is -0.825. The van der Waals surface area contributed by atoms with Crippen LogP contribution in [0.25, 0.3) is 0 Å². The SMILES string of the molecule is Cl.FC(F)(F)c1cccc([C@H](CC2CC2)N2CCNCC2)c1. The van der Waals surface area contributed by atoms with Crippen LogP contribution in [0.15, 0.2) is 24.3 Å². The van der Waals surface area contributed by atoms with E-state index >= 15 is 0 Å². The molecule has 0 unspecified atom stereocenters. The van der Waals surface area contributed by atoms with Crippen molar-refractivity contribution < 1.29 is 13.2 Å². The summed E-state index contributed by atoms with van der Waals surface area (Å²) in [6, 6.07) is 6.02. The Bertz CT molecular complexity index is 483. The normalized spacial score (nSPS) is 21.2. The van der Waals surface area contributed by atoms with Crippen molar-refractivity contribution in [1.82, 2.24) is 10.2 Å². The van der Waals surface area contributed by atoms with Gasteiger partial charge in [-0.1, -0.05) is 25.0 Å². The molecule has 1 atom stereocenters. The van der Waals surface area contributed by atoms with Gasteiger partial charge < -0.3 is 5.32 Å². The van der Waals surface area contributed by atoms with Gasteiger partial charge in [0.05, 0.1) is 5.56 Å². The van der Waals surface area contributed by atoms with Crippen LogP contribution in [0.3, 0.4) is 0 Å². The van der Waals surface area contributed by atoms with Crippen molar-refractivity contribution in [2.75, 3.05) is 26.2 Å². The Morgan fingerprint density at radius 1 is 1.18 bits per heavy atom. The third kappa shape index (κ3) is 4.37. The van der Waals surface area contributed by atoms with Gasteiger partial charge in [0.2, 0.25) is 0 Å². The number of hydrogen-bond donors (Lipinski definition) is 1. The molecule has 22 heavy (non-hydrogen) atoms. The lowest BCUT2D eigenvalue weighted by atomic mass is 9.97. The van der Waals surface area contributed by atoms with Crippen LogP contribution in [0, 0.1) is 5.92 Å². The van der Waals surface area contributed by atoms with Crippen molar-refractivity contribution >= 4 is 12.4 Å². The summed E-state index contributed by atoms with van der Waals surface area (Å²) in [5.74, 6) is 0.694. The van der Waals surface area contributed by atoms with E-state index in [9.17, 15) is 13.2 Å². The molecule has 1 saturated heterocycles. The van der Waals surface area contributed by atoms with E-state index in [1.54, 1.807) is 6.07 Å². The van der Waals surface area contributed by atoms with Gasteiger partial charge in [0, 0.05) is 32.2 Å². The maximum Gasteiger partial charge on any atom is 0.416 e. The second-order valence-corrected chi connectivity index (χ2v) is 6.10. The lowest BCUT2D eigenvalue weighted by molar-refractivity contribution is -0.137. The van der Waals surface area contributed by atoms with Crippen molar-refractivity contribution in [2.45, 2.75) is 31.5 Å². The van der Waals surface area contributed by atoms with Crippen LogP contribution in [0.5, 0.6) is 0 Å². The molecule has 1 aliphatic heterocycles. The molecule has 0 amide bonds. The van der Waals surface area contributed by atoms with Crippen molar-refractivity contribution in [2.24, 2.45) is 5.92 Å². The summed E-state index contributed by atoms with van der Waals surface area (Å²) in [5.41, 5.74) is 0.287. The summed E-state index contributed by atoms with van der Waals surface area (Å²) in [6.45, 7) is 3.65. The fourth-order valence-electron chi connectivity index (χ4n) is 3.08. The molecule has 1 aromatic rings. The lowest BCUT2D eigenvalue weighted by Crippen LogP contribution is -2.45. The number of rotatable bonds is 4. The highest BCUT2D eigenvalue weighted by Crippen LogP contribution is 2.41. The molecule has 0 radical (unpaired) electrons. The number of nitrogens with one attached hydrogen (secondary N) is 1. The van der Waals surface area contributed by atoms with Gasteiger partial charge >= 0.3 is 6.18 Å². The Kier molecular flexibility index (Phi) is 5.75. The van der Waals surface area contributed by atoms with Crippen molar-refractivity contribution in [3.63, 3.8) is 0 Å². The Labute approximate surface area is 135 Å². The second kappa shape index (κ2) is 7.20. The minimum Gasteiger partial charge on any atom is -0.314 e.